The first kappa shape index (κ1) is 33.9. The highest BCUT2D eigenvalue weighted by atomic mass is 31.2. The molecule has 2 aliphatic heterocycles. The third kappa shape index (κ3) is 9.72. The lowest BCUT2D eigenvalue weighted by Crippen LogP contribution is -2.40. The van der Waals surface area contributed by atoms with Crippen LogP contribution in [0.2, 0.25) is 0 Å². The van der Waals surface area contributed by atoms with Gasteiger partial charge in [0.1, 0.15) is 0 Å². The van der Waals surface area contributed by atoms with Crippen LogP contribution in [0.3, 0.4) is 0 Å². The van der Waals surface area contributed by atoms with Gasteiger partial charge in [0.15, 0.2) is 0 Å². The van der Waals surface area contributed by atoms with Crippen LogP contribution < -0.4 is 10.2 Å². The molecule has 1 aromatic rings. The van der Waals surface area contributed by atoms with Crippen molar-refractivity contribution in [3.8, 4) is 0 Å². The highest BCUT2D eigenvalue weighted by molar-refractivity contribution is 7.49. The number of carbonyl (C=O) groups is 4. The molecule has 1 aromatic carbocycles. The Labute approximate surface area is 247 Å². The summed E-state index contributed by atoms with van der Waals surface area (Å²) in [5.41, 5.74) is 1.00. The molecule has 0 spiro atoms. The Morgan fingerprint density at radius 3 is 1.07 bits per heavy atom. The maximum Gasteiger partial charge on any atom is 0.339 e. The van der Waals surface area contributed by atoms with Gasteiger partial charge in [0.05, 0.1) is 24.4 Å². The predicted octanol–water partition coefficient (Wildman–Crippen LogP) is 4.34. The molecule has 16 heteroatoms. The first-order valence-electron chi connectivity index (χ1n) is 13.5. The van der Waals surface area contributed by atoms with Crippen LogP contribution in [-0.4, -0.2) is 72.7 Å². The zero-order valence-electron chi connectivity index (χ0n) is 24.7. The SMILES string of the molecule is CC(C)OC(=O)[C@H]1OP(Nc2cccc(NP3O[C@H](C(=O)OC(C)C)[C@@H](C(=O)OC(C)C)O3)c2)O[C@@H]1C(=O)OC(C)C. The highest BCUT2D eigenvalue weighted by Gasteiger charge is 2.50. The average Bonchev–Trinajstić information content (AvgIpc) is 3.47. The van der Waals surface area contributed by atoms with Gasteiger partial charge in [-0.25, -0.2) is 19.2 Å². The van der Waals surface area contributed by atoms with E-state index in [9.17, 15) is 19.2 Å². The molecule has 0 unspecified atom stereocenters. The summed E-state index contributed by atoms with van der Waals surface area (Å²) in [5, 5.41) is 6.04. The van der Waals surface area contributed by atoms with Crippen LogP contribution in [0.5, 0.6) is 0 Å². The summed E-state index contributed by atoms with van der Waals surface area (Å²) in [6, 6.07) is 6.77. The number of hydrogen-bond donors (Lipinski definition) is 2. The Morgan fingerprint density at radius 2 is 0.833 bits per heavy atom. The summed E-state index contributed by atoms with van der Waals surface area (Å²) in [5.74, 6) is -2.97. The van der Waals surface area contributed by atoms with Crippen LogP contribution >= 0.6 is 17.1 Å². The molecule has 14 nitrogen and oxygen atoms in total. The van der Waals surface area contributed by atoms with E-state index in [1.807, 2.05) is 0 Å². The molecule has 2 fully saturated rings. The molecule has 2 heterocycles. The second-order valence-corrected chi connectivity index (χ2v) is 12.7. The van der Waals surface area contributed by atoms with E-state index in [1.165, 1.54) is 0 Å². The van der Waals surface area contributed by atoms with Gasteiger partial charge in [0.2, 0.25) is 24.4 Å². The van der Waals surface area contributed by atoms with E-state index < -0.39 is 89.8 Å². The van der Waals surface area contributed by atoms with Crippen molar-refractivity contribution in [2.75, 3.05) is 10.2 Å². The van der Waals surface area contributed by atoms with Crippen LogP contribution in [-0.2, 0) is 56.2 Å². The number of hydrogen-bond acceptors (Lipinski definition) is 14. The number of rotatable bonds is 12. The standard InChI is InChI=1S/C26H38N2O12P2/c1-13(2)33-23(29)19-20(24(30)34-14(3)4)38-41(37-19)27-17-10-9-11-18(12-17)28-42-39-21(25(31)35-15(5)6)22(40-42)26(32)36-16(7)8/h9-16,19-22,27-28H,1-8H3/t19-,20-,21-,22-/m0/s1. The Bertz CT molecular complexity index is 977. The van der Waals surface area contributed by atoms with Gasteiger partial charge in [-0.1, -0.05) is 6.07 Å². The van der Waals surface area contributed by atoms with Crippen molar-refractivity contribution >= 4 is 52.3 Å². The molecule has 4 atom stereocenters. The minimum Gasteiger partial charge on any atom is -0.461 e. The predicted molar refractivity (Wildman–Crippen MR) is 152 cm³/mol. The van der Waals surface area contributed by atoms with Crippen LogP contribution in [0.4, 0.5) is 11.4 Å². The Balaban J connectivity index is 1.70. The molecule has 3 rings (SSSR count). The second kappa shape index (κ2) is 15.2. The van der Waals surface area contributed by atoms with Crippen molar-refractivity contribution in [3.63, 3.8) is 0 Å². The van der Waals surface area contributed by atoms with Gasteiger partial charge in [0, 0.05) is 11.4 Å². The van der Waals surface area contributed by atoms with E-state index in [4.69, 9.17) is 37.0 Å². The van der Waals surface area contributed by atoms with Gasteiger partial charge in [-0.05, 0) is 73.6 Å². The molecule has 42 heavy (non-hydrogen) atoms. The minimum absolute atomic E-state index is 0.425. The summed E-state index contributed by atoms with van der Waals surface area (Å²) in [7, 11) is -3.90. The van der Waals surface area contributed by atoms with Crippen molar-refractivity contribution in [3.05, 3.63) is 24.3 Å². The summed E-state index contributed by atoms with van der Waals surface area (Å²) in [6.07, 6.45) is -6.95. The van der Waals surface area contributed by atoms with Gasteiger partial charge in [-0.3, -0.25) is 18.1 Å². The second-order valence-electron chi connectivity index (χ2n) is 10.4. The average molecular weight is 633 g/mol. The molecular weight excluding hydrogens is 594 g/mol. The van der Waals surface area contributed by atoms with E-state index in [0.29, 0.717) is 11.4 Å². The molecule has 0 aromatic heterocycles. The monoisotopic (exact) mass is 632 g/mol. The summed E-state index contributed by atoms with van der Waals surface area (Å²) in [6.45, 7) is 13.4. The molecule has 0 aliphatic carbocycles. The third-order valence-corrected chi connectivity index (χ3v) is 7.58. The Morgan fingerprint density at radius 1 is 0.571 bits per heavy atom. The van der Waals surface area contributed by atoms with Crippen molar-refractivity contribution in [2.45, 2.75) is 104 Å². The molecule has 0 saturated carbocycles. The fraction of sp³-hybridized carbons (Fsp3) is 0.615. The lowest BCUT2D eigenvalue weighted by atomic mass is 10.2. The number of nitrogens with one attached hydrogen (secondary N) is 2. The number of benzene rings is 1. The lowest BCUT2D eigenvalue weighted by Gasteiger charge is -2.17. The molecular formula is C26H38N2O12P2. The van der Waals surface area contributed by atoms with Crippen molar-refractivity contribution in [2.24, 2.45) is 0 Å². The van der Waals surface area contributed by atoms with Gasteiger partial charge < -0.3 is 29.1 Å². The first-order valence-corrected chi connectivity index (χ1v) is 15.8. The topological polar surface area (TPSA) is 166 Å². The van der Waals surface area contributed by atoms with Gasteiger partial charge >= 0.3 is 23.9 Å². The van der Waals surface area contributed by atoms with Crippen LogP contribution in [0.1, 0.15) is 55.4 Å². The molecule has 0 amide bonds. The van der Waals surface area contributed by atoms with Gasteiger partial charge in [-0.2, -0.15) is 0 Å². The number of esters is 4. The van der Waals surface area contributed by atoms with Gasteiger partial charge in [-0.15, -0.1) is 0 Å². The smallest absolute Gasteiger partial charge is 0.339 e. The zero-order valence-corrected chi connectivity index (χ0v) is 26.5. The van der Waals surface area contributed by atoms with Crippen LogP contribution in [0.15, 0.2) is 24.3 Å². The molecule has 2 aliphatic rings. The van der Waals surface area contributed by atoms with Gasteiger partial charge in [0.25, 0.3) is 17.1 Å². The fourth-order valence-corrected chi connectivity index (χ4v) is 6.14. The van der Waals surface area contributed by atoms with Crippen LogP contribution in [0, 0.1) is 0 Å². The van der Waals surface area contributed by atoms with E-state index in [-0.39, 0.29) is 0 Å². The van der Waals surface area contributed by atoms with E-state index in [1.54, 1.807) is 79.7 Å². The van der Waals surface area contributed by atoms with Crippen LogP contribution in [0.25, 0.3) is 0 Å². The Kier molecular flexibility index (Phi) is 12.3. The molecule has 0 radical (unpaired) electrons. The maximum atomic E-state index is 12.6. The summed E-state index contributed by atoms with van der Waals surface area (Å²) >= 11 is 0. The normalized spacial score (nSPS) is 23.0. The van der Waals surface area contributed by atoms with Crippen molar-refractivity contribution < 1.29 is 56.2 Å². The van der Waals surface area contributed by atoms with Crippen molar-refractivity contribution in [1.82, 2.24) is 0 Å². The molecule has 2 N–H and O–H groups in total. The quantitative estimate of drug-likeness (QED) is 0.190. The van der Waals surface area contributed by atoms with E-state index in [2.05, 4.69) is 10.2 Å². The molecule has 234 valence electrons. The minimum atomic E-state index is -1.95. The Hall–Kier alpha value is -2.60. The number of carbonyl (C=O) groups excluding carboxylic acids is 4. The summed E-state index contributed by atoms with van der Waals surface area (Å²) < 4.78 is 43.9. The lowest BCUT2D eigenvalue weighted by molar-refractivity contribution is -0.167. The largest absolute Gasteiger partial charge is 0.461 e. The number of ether oxygens (including phenoxy) is 4. The maximum absolute atomic E-state index is 12.6. The first-order chi connectivity index (χ1) is 19.7. The van der Waals surface area contributed by atoms with E-state index in [0.717, 1.165) is 0 Å². The molecule has 0 bridgehead atoms. The summed E-state index contributed by atoms with van der Waals surface area (Å²) in [4.78, 5) is 50.5. The fourth-order valence-electron chi connectivity index (χ4n) is 3.52. The molecule has 2 saturated heterocycles. The van der Waals surface area contributed by atoms with Crippen molar-refractivity contribution in [1.29, 1.82) is 0 Å². The number of anilines is 2. The highest BCUT2D eigenvalue weighted by Crippen LogP contribution is 2.51. The third-order valence-electron chi connectivity index (χ3n) is 5.03. The zero-order chi connectivity index (χ0) is 31.1. The van der Waals surface area contributed by atoms with E-state index >= 15 is 0 Å².